The number of hydrogen-bond acceptors (Lipinski definition) is 5. The highest BCUT2D eigenvalue weighted by atomic mass is 16.5. The minimum atomic E-state index is -0.741. The molecule has 0 spiro atoms. The van der Waals surface area contributed by atoms with Crippen LogP contribution in [0.15, 0.2) is 18.2 Å². The van der Waals surface area contributed by atoms with E-state index in [-0.39, 0.29) is 13.2 Å². The highest BCUT2D eigenvalue weighted by Crippen LogP contribution is 2.29. The summed E-state index contributed by atoms with van der Waals surface area (Å²) in [5.74, 6) is 0.800. The van der Waals surface area contributed by atoms with Crippen molar-refractivity contribution in [2.75, 3.05) is 26.9 Å². The molecular weight excluding hydrogens is 236 g/mol. The van der Waals surface area contributed by atoms with Gasteiger partial charge in [0.25, 0.3) is 0 Å². The highest BCUT2D eigenvalue weighted by Gasteiger charge is 2.12. The Balaban J connectivity index is 2.67. The van der Waals surface area contributed by atoms with Crippen LogP contribution in [0.3, 0.4) is 0 Å². The minimum Gasteiger partial charge on any atom is -0.493 e. The standard InChI is InChI=1S/C13H18O5/c1-3-17-8-11(15)9-18-13-10(7-14)5-4-6-12(13)16-2/h4-7,11,15H,3,8-9H2,1-2H3. The van der Waals surface area contributed by atoms with Gasteiger partial charge in [-0.25, -0.2) is 0 Å². The highest BCUT2D eigenvalue weighted by molar-refractivity contribution is 5.81. The van der Waals surface area contributed by atoms with Crippen molar-refractivity contribution in [3.8, 4) is 11.5 Å². The molecule has 1 atom stereocenters. The van der Waals surface area contributed by atoms with Gasteiger partial charge in [0.05, 0.1) is 19.3 Å². The summed E-state index contributed by atoms with van der Waals surface area (Å²) < 4.78 is 15.6. The maximum absolute atomic E-state index is 10.9. The zero-order chi connectivity index (χ0) is 13.4. The van der Waals surface area contributed by atoms with E-state index in [4.69, 9.17) is 14.2 Å². The third-order valence-electron chi connectivity index (χ3n) is 2.29. The fourth-order valence-electron chi connectivity index (χ4n) is 1.42. The second-order valence-electron chi connectivity index (χ2n) is 3.62. The van der Waals surface area contributed by atoms with Crippen LogP contribution in [-0.4, -0.2) is 44.4 Å². The Morgan fingerprint density at radius 2 is 2.17 bits per heavy atom. The van der Waals surface area contributed by atoms with Crippen LogP contribution >= 0.6 is 0 Å². The lowest BCUT2D eigenvalue weighted by Gasteiger charge is -2.15. The molecule has 18 heavy (non-hydrogen) atoms. The Labute approximate surface area is 106 Å². The number of aliphatic hydroxyl groups is 1. The first kappa shape index (κ1) is 14.5. The second kappa shape index (κ2) is 7.68. The summed E-state index contributed by atoms with van der Waals surface area (Å²) in [6.07, 6.45) is -0.0541. The van der Waals surface area contributed by atoms with E-state index in [1.165, 1.54) is 7.11 Å². The molecule has 0 heterocycles. The third kappa shape index (κ3) is 4.01. The molecule has 5 nitrogen and oxygen atoms in total. The molecule has 1 aromatic carbocycles. The first-order chi connectivity index (χ1) is 8.72. The average Bonchev–Trinajstić information content (AvgIpc) is 2.42. The third-order valence-corrected chi connectivity index (χ3v) is 2.29. The fourth-order valence-corrected chi connectivity index (χ4v) is 1.42. The van der Waals surface area contributed by atoms with Crippen LogP contribution in [0.5, 0.6) is 11.5 Å². The lowest BCUT2D eigenvalue weighted by atomic mass is 10.2. The molecule has 1 N–H and O–H groups in total. The van der Waals surface area contributed by atoms with Crippen LogP contribution in [-0.2, 0) is 4.74 Å². The monoisotopic (exact) mass is 254 g/mol. The van der Waals surface area contributed by atoms with Gasteiger partial charge >= 0.3 is 0 Å². The van der Waals surface area contributed by atoms with E-state index in [2.05, 4.69) is 0 Å². The van der Waals surface area contributed by atoms with Gasteiger partial charge in [-0.2, -0.15) is 0 Å². The number of hydrogen-bond donors (Lipinski definition) is 1. The van der Waals surface area contributed by atoms with E-state index in [0.717, 1.165) is 0 Å². The predicted molar refractivity (Wildman–Crippen MR) is 66.4 cm³/mol. The van der Waals surface area contributed by atoms with Gasteiger partial charge in [-0.1, -0.05) is 6.07 Å². The SMILES string of the molecule is CCOCC(O)COc1c(C=O)cccc1OC. The summed E-state index contributed by atoms with van der Waals surface area (Å²) in [5.41, 5.74) is 0.387. The summed E-state index contributed by atoms with van der Waals surface area (Å²) in [6, 6.07) is 5.02. The normalized spacial score (nSPS) is 11.9. The largest absolute Gasteiger partial charge is 0.493 e. The first-order valence-electron chi connectivity index (χ1n) is 5.73. The number of benzene rings is 1. The Hall–Kier alpha value is -1.59. The molecule has 0 aliphatic heterocycles. The summed E-state index contributed by atoms with van der Waals surface area (Å²) in [4.78, 5) is 10.9. The van der Waals surface area contributed by atoms with Crippen LogP contribution in [0.1, 0.15) is 17.3 Å². The van der Waals surface area contributed by atoms with Crippen LogP contribution in [0.4, 0.5) is 0 Å². The topological polar surface area (TPSA) is 65.0 Å². The van der Waals surface area contributed by atoms with Crippen LogP contribution in [0.25, 0.3) is 0 Å². The van der Waals surface area contributed by atoms with Gasteiger partial charge in [0.15, 0.2) is 17.8 Å². The van der Waals surface area contributed by atoms with Crippen molar-refractivity contribution in [2.45, 2.75) is 13.0 Å². The molecule has 1 rings (SSSR count). The number of carbonyl (C=O) groups excluding carboxylic acids is 1. The van der Waals surface area contributed by atoms with E-state index in [1.54, 1.807) is 18.2 Å². The van der Waals surface area contributed by atoms with E-state index in [1.807, 2.05) is 6.92 Å². The maximum Gasteiger partial charge on any atom is 0.171 e. The van der Waals surface area contributed by atoms with Gasteiger partial charge in [0.1, 0.15) is 12.7 Å². The molecule has 0 aliphatic carbocycles. The lowest BCUT2D eigenvalue weighted by Crippen LogP contribution is -2.23. The van der Waals surface area contributed by atoms with Gasteiger partial charge in [0.2, 0.25) is 0 Å². The smallest absolute Gasteiger partial charge is 0.171 e. The molecule has 5 heteroatoms. The van der Waals surface area contributed by atoms with Crippen molar-refractivity contribution in [2.24, 2.45) is 0 Å². The Kier molecular flexibility index (Phi) is 6.18. The summed E-state index contributed by atoms with van der Waals surface area (Å²) in [6.45, 7) is 2.62. The number of methoxy groups -OCH3 is 1. The molecule has 0 aromatic heterocycles. The first-order valence-corrected chi connectivity index (χ1v) is 5.73. The van der Waals surface area contributed by atoms with E-state index in [0.29, 0.717) is 30.0 Å². The molecule has 0 bridgehead atoms. The molecule has 0 fully saturated rings. The number of aliphatic hydroxyl groups excluding tert-OH is 1. The lowest BCUT2D eigenvalue weighted by molar-refractivity contribution is 0.0158. The van der Waals surface area contributed by atoms with Crippen molar-refractivity contribution in [3.63, 3.8) is 0 Å². The zero-order valence-electron chi connectivity index (χ0n) is 10.6. The quantitative estimate of drug-likeness (QED) is 0.708. The zero-order valence-corrected chi connectivity index (χ0v) is 10.6. The molecule has 1 unspecified atom stereocenters. The van der Waals surface area contributed by atoms with Crippen LogP contribution in [0.2, 0.25) is 0 Å². The molecule has 0 amide bonds. The summed E-state index contributed by atoms with van der Waals surface area (Å²) in [7, 11) is 1.49. The van der Waals surface area contributed by atoms with Crippen molar-refractivity contribution >= 4 is 6.29 Å². The van der Waals surface area contributed by atoms with Crippen molar-refractivity contribution in [3.05, 3.63) is 23.8 Å². The van der Waals surface area contributed by atoms with Crippen molar-refractivity contribution in [1.29, 1.82) is 0 Å². The van der Waals surface area contributed by atoms with Crippen LogP contribution < -0.4 is 9.47 Å². The minimum absolute atomic E-state index is 0.0429. The molecule has 0 aliphatic rings. The summed E-state index contributed by atoms with van der Waals surface area (Å²) in [5, 5.41) is 9.59. The van der Waals surface area contributed by atoms with Gasteiger partial charge < -0.3 is 19.3 Å². The van der Waals surface area contributed by atoms with E-state index >= 15 is 0 Å². The number of ether oxygens (including phenoxy) is 3. The number of carbonyl (C=O) groups is 1. The molecule has 0 saturated heterocycles. The molecule has 100 valence electrons. The number of aldehydes is 1. The molecular formula is C13H18O5. The van der Waals surface area contributed by atoms with E-state index in [9.17, 15) is 9.90 Å². The Morgan fingerprint density at radius 3 is 2.78 bits per heavy atom. The average molecular weight is 254 g/mol. The fraction of sp³-hybridized carbons (Fsp3) is 0.462. The second-order valence-corrected chi connectivity index (χ2v) is 3.62. The van der Waals surface area contributed by atoms with Crippen LogP contribution in [0, 0.1) is 0 Å². The molecule has 0 saturated carbocycles. The van der Waals surface area contributed by atoms with Crippen molar-refractivity contribution < 1.29 is 24.1 Å². The number of para-hydroxylation sites is 1. The predicted octanol–water partition coefficient (Wildman–Crippen LogP) is 1.28. The molecule has 1 aromatic rings. The van der Waals surface area contributed by atoms with Gasteiger partial charge in [0, 0.05) is 6.61 Å². The van der Waals surface area contributed by atoms with Gasteiger partial charge in [-0.3, -0.25) is 4.79 Å². The van der Waals surface area contributed by atoms with E-state index < -0.39 is 6.10 Å². The Bertz CT molecular complexity index is 378. The number of rotatable bonds is 8. The maximum atomic E-state index is 10.9. The molecule has 0 radical (unpaired) electrons. The Morgan fingerprint density at radius 1 is 1.39 bits per heavy atom. The van der Waals surface area contributed by atoms with Crippen molar-refractivity contribution in [1.82, 2.24) is 0 Å². The van der Waals surface area contributed by atoms with Gasteiger partial charge in [-0.05, 0) is 19.1 Å². The summed E-state index contributed by atoms with van der Waals surface area (Å²) >= 11 is 0. The van der Waals surface area contributed by atoms with Gasteiger partial charge in [-0.15, -0.1) is 0 Å².